The number of ether oxygens (including phenoxy) is 3. The van der Waals surface area contributed by atoms with Gasteiger partial charge < -0.3 is 14.2 Å². The summed E-state index contributed by atoms with van der Waals surface area (Å²) < 4.78 is 133. The maximum absolute atomic E-state index is 15.1. The molecule has 0 spiro atoms. The standard InChI is InChI=1S/C34H28F8O3/c1-2-3-4-5-19-17-43-33(44-18-19)21-8-11-25(26(36)12-21)22-13-29(39)32(30(40)14-22)34(41,42)45-24-15-27(37)31(28(38)16-24)20-6-9-23(35)10-7-20/h6-16,19,33H,2-5,17-18H2,1H3. The van der Waals surface area contributed by atoms with Crippen molar-refractivity contribution in [3.8, 4) is 28.0 Å². The Morgan fingerprint density at radius 1 is 0.711 bits per heavy atom. The third kappa shape index (κ3) is 7.31. The first-order chi connectivity index (χ1) is 21.5. The summed E-state index contributed by atoms with van der Waals surface area (Å²) in [6, 6.07) is 9.62. The second kappa shape index (κ2) is 13.6. The summed E-state index contributed by atoms with van der Waals surface area (Å²) in [7, 11) is 0. The van der Waals surface area contributed by atoms with Crippen molar-refractivity contribution in [2.75, 3.05) is 13.2 Å². The van der Waals surface area contributed by atoms with Crippen molar-refractivity contribution in [1.29, 1.82) is 0 Å². The van der Waals surface area contributed by atoms with E-state index in [9.17, 15) is 30.7 Å². The molecule has 1 fully saturated rings. The molecule has 0 atom stereocenters. The highest BCUT2D eigenvalue weighted by atomic mass is 19.3. The zero-order valence-corrected chi connectivity index (χ0v) is 24.0. The van der Waals surface area contributed by atoms with Crippen molar-refractivity contribution in [1.82, 2.24) is 0 Å². The highest BCUT2D eigenvalue weighted by molar-refractivity contribution is 5.67. The van der Waals surface area contributed by atoms with Gasteiger partial charge in [0.25, 0.3) is 0 Å². The van der Waals surface area contributed by atoms with Gasteiger partial charge in [0.2, 0.25) is 0 Å². The van der Waals surface area contributed by atoms with Crippen molar-refractivity contribution in [3.63, 3.8) is 0 Å². The lowest BCUT2D eigenvalue weighted by Gasteiger charge is -2.29. The molecule has 0 radical (unpaired) electrons. The fourth-order valence-corrected chi connectivity index (χ4v) is 5.20. The van der Waals surface area contributed by atoms with Crippen molar-refractivity contribution in [2.45, 2.75) is 45.0 Å². The predicted octanol–water partition coefficient (Wildman–Crippen LogP) is 10.2. The smallest absolute Gasteiger partial charge is 0.429 e. The largest absolute Gasteiger partial charge is 0.432 e. The molecule has 0 bridgehead atoms. The topological polar surface area (TPSA) is 27.7 Å². The van der Waals surface area contributed by atoms with Gasteiger partial charge in [-0.3, -0.25) is 0 Å². The van der Waals surface area contributed by atoms with Crippen LogP contribution in [0.5, 0.6) is 5.75 Å². The van der Waals surface area contributed by atoms with Gasteiger partial charge in [0.15, 0.2) is 6.29 Å². The summed E-state index contributed by atoms with van der Waals surface area (Å²) in [6.07, 6.45) is -1.37. The van der Waals surface area contributed by atoms with E-state index in [1.807, 2.05) is 0 Å². The molecular weight excluding hydrogens is 608 g/mol. The first-order valence-corrected chi connectivity index (χ1v) is 14.3. The van der Waals surface area contributed by atoms with Crippen molar-refractivity contribution in [3.05, 3.63) is 113 Å². The summed E-state index contributed by atoms with van der Waals surface area (Å²) in [5.41, 5.74) is -2.89. The first kappa shape index (κ1) is 32.4. The van der Waals surface area contributed by atoms with E-state index in [0.717, 1.165) is 56.0 Å². The fraction of sp³-hybridized carbons (Fsp3) is 0.294. The summed E-state index contributed by atoms with van der Waals surface area (Å²) in [6.45, 7) is 2.97. The quantitative estimate of drug-likeness (QED) is 0.128. The van der Waals surface area contributed by atoms with E-state index < -0.39 is 64.2 Å². The highest BCUT2D eigenvalue weighted by Gasteiger charge is 2.41. The Balaban J connectivity index is 1.32. The molecule has 238 valence electrons. The number of unbranched alkanes of at least 4 members (excludes halogenated alkanes) is 2. The van der Waals surface area contributed by atoms with Crippen LogP contribution in [-0.4, -0.2) is 13.2 Å². The van der Waals surface area contributed by atoms with Crippen molar-refractivity contribution in [2.24, 2.45) is 5.92 Å². The molecule has 0 aromatic heterocycles. The van der Waals surface area contributed by atoms with Gasteiger partial charge in [0.1, 0.15) is 46.2 Å². The Kier molecular flexibility index (Phi) is 9.79. The molecular formula is C34H28F8O3. The van der Waals surface area contributed by atoms with Crippen LogP contribution in [0.4, 0.5) is 35.1 Å². The van der Waals surface area contributed by atoms with Gasteiger partial charge in [0, 0.05) is 29.2 Å². The van der Waals surface area contributed by atoms with E-state index in [-0.39, 0.29) is 22.6 Å². The molecule has 0 N–H and O–H groups in total. The fourth-order valence-electron chi connectivity index (χ4n) is 5.20. The van der Waals surface area contributed by atoms with Crippen LogP contribution in [0, 0.1) is 40.8 Å². The van der Waals surface area contributed by atoms with Crippen LogP contribution in [0.1, 0.15) is 50.0 Å². The molecule has 0 saturated carbocycles. The monoisotopic (exact) mass is 636 g/mol. The zero-order valence-electron chi connectivity index (χ0n) is 24.0. The van der Waals surface area contributed by atoms with Gasteiger partial charge in [-0.15, -0.1) is 0 Å². The second-order valence-electron chi connectivity index (χ2n) is 10.8. The maximum atomic E-state index is 15.1. The van der Waals surface area contributed by atoms with Gasteiger partial charge >= 0.3 is 6.11 Å². The van der Waals surface area contributed by atoms with E-state index in [0.29, 0.717) is 43.0 Å². The van der Waals surface area contributed by atoms with E-state index in [1.165, 1.54) is 12.1 Å². The molecule has 1 saturated heterocycles. The number of benzene rings is 4. The lowest BCUT2D eigenvalue weighted by atomic mass is 9.99. The first-order valence-electron chi connectivity index (χ1n) is 14.3. The van der Waals surface area contributed by atoms with Gasteiger partial charge in [-0.05, 0) is 47.9 Å². The van der Waals surface area contributed by atoms with Crippen LogP contribution in [0.2, 0.25) is 0 Å². The number of alkyl halides is 2. The second-order valence-corrected chi connectivity index (χ2v) is 10.8. The van der Waals surface area contributed by atoms with Crippen LogP contribution >= 0.6 is 0 Å². The van der Waals surface area contributed by atoms with Gasteiger partial charge in [-0.25, -0.2) is 26.3 Å². The van der Waals surface area contributed by atoms with E-state index in [2.05, 4.69) is 11.7 Å². The number of hydrogen-bond donors (Lipinski definition) is 0. The third-order valence-corrected chi connectivity index (χ3v) is 7.49. The van der Waals surface area contributed by atoms with E-state index in [1.54, 1.807) is 0 Å². The summed E-state index contributed by atoms with van der Waals surface area (Å²) in [4.78, 5) is 0. The van der Waals surface area contributed by atoms with E-state index in [4.69, 9.17) is 9.47 Å². The predicted molar refractivity (Wildman–Crippen MR) is 150 cm³/mol. The summed E-state index contributed by atoms with van der Waals surface area (Å²) in [5, 5.41) is 0. The van der Waals surface area contributed by atoms with E-state index >= 15 is 4.39 Å². The molecule has 0 amide bonds. The molecule has 4 aromatic rings. The molecule has 1 heterocycles. The summed E-state index contributed by atoms with van der Waals surface area (Å²) in [5.74, 6) is -8.63. The molecule has 1 aliphatic heterocycles. The molecule has 45 heavy (non-hydrogen) atoms. The van der Waals surface area contributed by atoms with Gasteiger partial charge in [0.05, 0.1) is 18.8 Å². The highest BCUT2D eigenvalue weighted by Crippen LogP contribution is 2.39. The molecule has 4 aromatic carbocycles. The Morgan fingerprint density at radius 2 is 1.33 bits per heavy atom. The minimum absolute atomic E-state index is 0.0807. The molecule has 1 aliphatic rings. The van der Waals surface area contributed by atoms with Gasteiger partial charge in [-0.2, -0.15) is 8.78 Å². The molecule has 0 unspecified atom stereocenters. The minimum Gasteiger partial charge on any atom is -0.429 e. The Hall–Kier alpha value is -3.96. The number of halogens is 8. The Bertz CT molecular complexity index is 1600. The van der Waals surface area contributed by atoms with Crippen LogP contribution in [-0.2, 0) is 15.6 Å². The normalized spacial score (nSPS) is 17.0. The summed E-state index contributed by atoms with van der Waals surface area (Å²) >= 11 is 0. The Labute approximate surface area is 254 Å². The number of hydrogen-bond acceptors (Lipinski definition) is 3. The lowest BCUT2D eigenvalue weighted by molar-refractivity contribution is -0.206. The van der Waals surface area contributed by atoms with Crippen LogP contribution in [0.25, 0.3) is 22.3 Å². The lowest BCUT2D eigenvalue weighted by Crippen LogP contribution is -2.27. The third-order valence-electron chi connectivity index (χ3n) is 7.49. The average molecular weight is 637 g/mol. The molecule has 11 heteroatoms. The number of rotatable bonds is 10. The van der Waals surface area contributed by atoms with Crippen LogP contribution in [0.15, 0.2) is 66.7 Å². The SMILES string of the molecule is CCCCCC1COC(c2ccc(-c3cc(F)c(C(F)(F)Oc4cc(F)c(-c5ccc(F)cc5)c(F)c4)c(F)c3)c(F)c2)OC1. The molecule has 5 rings (SSSR count). The molecule has 0 aliphatic carbocycles. The zero-order chi connectivity index (χ0) is 32.3. The van der Waals surface area contributed by atoms with Crippen LogP contribution < -0.4 is 4.74 Å². The Morgan fingerprint density at radius 3 is 1.91 bits per heavy atom. The minimum atomic E-state index is -4.73. The molecule has 3 nitrogen and oxygen atoms in total. The van der Waals surface area contributed by atoms with Crippen molar-refractivity contribution >= 4 is 0 Å². The van der Waals surface area contributed by atoms with Crippen molar-refractivity contribution < 1.29 is 49.3 Å². The van der Waals surface area contributed by atoms with Crippen LogP contribution in [0.3, 0.4) is 0 Å². The average Bonchev–Trinajstić information content (AvgIpc) is 2.97. The van der Waals surface area contributed by atoms with Gasteiger partial charge in [-0.1, -0.05) is 50.5 Å². The maximum Gasteiger partial charge on any atom is 0.432 e.